The van der Waals surface area contributed by atoms with Gasteiger partial charge in [-0.25, -0.2) is 0 Å². The van der Waals surface area contributed by atoms with Crippen molar-refractivity contribution < 1.29 is 9.47 Å². The SMILES string of the molecule is CN=C(NCCCCN1CCC(C)CC1)NCCCOC1CCOC1. The van der Waals surface area contributed by atoms with Crippen molar-refractivity contribution >= 4 is 5.96 Å². The predicted octanol–water partition coefficient (Wildman–Crippen LogP) is 1.86. The average molecular weight is 355 g/mol. The first-order chi connectivity index (χ1) is 12.3. The van der Waals surface area contributed by atoms with Crippen LogP contribution in [0.15, 0.2) is 4.99 Å². The second-order valence-corrected chi connectivity index (χ2v) is 7.37. The Kier molecular flexibility index (Phi) is 10.2. The molecule has 2 N–H and O–H groups in total. The molecule has 1 unspecified atom stereocenters. The zero-order chi connectivity index (χ0) is 17.7. The summed E-state index contributed by atoms with van der Waals surface area (Å²) in [5.74, 6) is 1.82. The summed E-state index contributed by atoms with van der Waals surface area (Å²) in [5.41, 5.74) is 0. The number of piperidine rings is 1. The Hall–Kier alpha value is -0.850. The van der Waals surface area contributed by atoms with E-state index in [1.807, 2.05) is 7.05 Å². The smallest absolute Gasteiger partial charge is 0.190 e. The number of unbranched alkanes of at least 4 members (excludes halogenated alkanes) is 1. The van der Waals surface area contributed by atoms with Crippen LogP contribution in [0.5, 0.6) is 0 Å². The van der Waals surface area contributed by atoms with Crippen molar-refractivity contribution in [3.8, 4) is 0 Å². The Bertz CT molecular complexity index is 364. The van der Waals surface area contributed by atoms with Crippen molar-refractivity contribution in [2.75, 3.05) is 59.6 Å². The van der Waals surface area contributed by atoms with E-state index in [0.717, 1.165) is 57.6 Å². The van der Waals surface area contributed by atoms with Crippen LogP contribution in [0.25, 0.3) is 0 Å². The van der Waals surface area contributed by atoms with Gasteiger partial charge < -0.3 is 25.0 Å². The van der Waals surface area contributed by atoms with Gasteiger partial charge in [-0.15, -0.1) is 0 Å². The van der Waals surface area contributed by atoms with Gasteiger partial charge in [0.2, 0.25) is 0 Å². The van der Waals surface area contributed by atoms with Crippen molar-refractivity contribution in [2.45, 2.75) is 51.6 Å². The van der Waals surface area contributed by atoms with Crippen molar-refractivity contribution in [3.05, 3.63) is 0 Å². The van der Waals surface area contributed by atoms with E-state index in [4.69, 9.17) is 9.47 Å². The van der Waals surface area contributed by atoms with E-state index in [9.17, 15) is 0 Å². The van der Waals surface area contributed by atoms with E-state index in [0.29, 0.717) is 6.10 Å². The highest BCUT2D eigenvalue weighted by molar-refractivity contribution is 5.79. The third-order valence-corrected chi connectivity index (χ3v) is 5.15. The van der Waals surface area contributed by atoms with Crippen LogP contribution < -0.4 is 10.6 Å². The molecule has 0 aromatic heterocycles. The molecular weight excluding hydrogens is 316 g/mol. The number of aliphatic imine (C=N–C) groups is 1. The van der Waals surface area contributed by atoms with Crippen molar-refractivity contribution in [2.24, 2.45) is 10.9 Å². The second kappa shape index (κ2) is 12.5. The maximum absolute atomic E-state index is 5.77. The van der Waals surface area contributed by atoms with Crippen molar-refractivity contribution in [3.63, 3.8) is 0 Å². The molecule has 1 atom stereocenters. The molecule has 2 heterocycles. The molecule has 0 saturated carbocycles. The maximum Gasteiger partial charge on any atom is 0.190 e. The van der Waals surface area contributed by atoms with Crippen LogP contribution in [0.1, 0.15) is 45.4 Å². The van der Waals surface area contributed by atoms with E-state index in [1.165, 1.54) is 45.3 Å². The van der Waals surface area contributed by atoms with Crippen LogP contribution in [0.4, 0.5) is 0 Å². The number of guanidine groups is 1. The minimum Gasteiger partial charge on any atom is -0.379 e. The lowest BCUT2D eigenvalue weighted by molar-refractivity contribution is 0.0420. The molecule has 2 aliphatic rings. The van der Waals surface area contributed by atoms with Crippen molar-refractivity contribution in [1.29, 1.82) is 0 Å². The molecule has 25 heavy (non-hydrogen) atoms. The molecule has 2 rings (SSSR count). The Morgan fingerprint density at radius 3 is 2.56 bits per heavy atom. The quantitative estimate of drug-likeness (QED) is 0.356. The molecule has 146 valence electrons. The maximum atomic E-state index is 5.77. The lowest BCUT2D eigenvalue weighted by atomic mass is 9.99. The predicted molar refractivity (Wildman–Crippen MR) is 103 cm³/mol. The minimum atomic E-state index is 0.306. The molecule has 0 amide bonds. The third-order valence-electron chi connectivity index (χ3n) is 5.15. The largest absolute Gasteiger partial charge is 0.379 e. The van der Waals surface area contributed by atoms with Gasteiger partial charge in [-0.05, 0) is 64.1 Å². The number of rotatable bonds is 10. The summed E-state index contributed by atoms with van der Waals surface area (Å²) in [6, 6.07) is 0. The summed E-state index contributed by atoms with van der Waals surface area (Å²) in [6.07, 6.45) is 7.52. The molecule has 2 aliphatic heterocycles. The van der Waals surface area contributed by atoms with Gasteiger partial charge in [0.1, 0.15) is 0 Å². The first-order valence-electron chi connectivity index (χ1n) is 10.1. The first kappa shape index (κ1) is 20.5. The molecule has 0 bridgehead atoms. The molecule has 2 fully saturated rings. The zero-order valence-electron chi connectivity index (χ0n) is 16.3. The summed E-state index contributed by atoms with van der Waals surface area (Å²) < 4.78 is 11.1. The number of likely N-dealkylation sites (tertiary alicyclic amines) is 1. The van der Waals surface area contributed by atoms with E-state index in [1.54, 1.807) is 0 Å². The van der Waals surface area contributed by atoms with Gasteiger partial charge in [0.25, 0.3) is 0 Å². The van der Waals surface area contributed by atoms with Crippen molar-refractivity contribution in [1.82, 2.24) is 15.5 Å². The molecule has 6 nitrogen and oxygen atoms in total. The number of nitrogens with one attached hydrogen (secondary N) is 2. The number of hydrogen-bond donors (Lipinski definition) is 2. The fourth-order valence-corrected chi connectivity index (χ4v) is 3.35. The van der Waals surface area contributed by atoms with Crippen LogP contribution in [0, 0.1) is 5.92 Å². The molecule has 0 aromatic carbocycles. The van der Waals surface area contributed by atoms with E-state index < -0.39 is 0 Å². The van der Waals surface area contributed by atoms with Crippen LogP contribution in [-0.2, 0) is 9.47 Å². The zero-order valence-corrected chi connectivity index (χ0v) is 16.3. The van der Waals surface area contributed by atoms with Crippen LogP contribution in [0.2, 0.25) is 0 Å². The normalized spacial score (nSPS) is 23.1. The average Bonchev–Trinajstić information content (AvgIpc) is 3.14. The molecular formula is C19H38N4O2. The summed E-state index contributed by atoms with van der Waals surface area (Å²) in [4.78, 5) is 6.90. The highest BCUT2D eigenvalue weighted by Gasteiger charge is 2.15. The Labute approximate surface area is 153 Å². The van der Waals surface area contributed by atoms with E-state index >= 15 is 0 Å². The Morgan fingerprint density at radius 1 is 1.12 bits per heavy atom. The molecule has 0 aromatic rings. The summed E-state index contributed by atoms with van der Waals surface area (Å²) in [5, 5.41) is 6.76. The molecule has 0 aliphatic carbocycles. The molecule has 2 saturated heterocycles. The number of nitrogens with zero attached hydrogens (tertiary/aromatic N) is 2. The van der Waals surface area contributed by atoms with Gasteiger partial charge in [0.15, 0.2) is 5.96 Å². The fraction of sp³-hybridized carbons (Fsp3) is 0.947. The van der Waals surface area contributed by atoms with Gasteiger partial charge in [0.05, 0.1) is 12.7 Å². The minimum absolute atomic E-state index is 0.306. The third kappa shape index (κ3) is 8.88. The van der Waals surface area contributed by atoms with E-state index in [2.05, 4.69) is 27.4 Å². The molecule has 0 radical (unpaired) electrons. The lowest BCUT2D eigenvalue weighted by Gasteiger charge is -2.30. The summed E-state index contributed by atoms with van der Waals surface area (Å²) in [6.45, 7) is 10.4. The Morgan fingerprint density at radius 2 is 1.88 bits per heavy atom. The first-order valence-corrected chi connectivity index (χ1v) is 10.1. The topological polar surface area (TPSA) is 58.1 Å². The number of hydrogen-bond acceptors (Lipinski definition) is 4. The highest BCUT2D eigenvalue weighted by atomic mass is 16.5. The van der Waals surface area contributed by atoms with Crippen LogP contribution >= 0.6 is 0 Å². The standard InChI is InChI=1S/C19H38N4O2/c1-17-6-12-23(13-7-17)11-4-3-9-21-19(20-2)22-10-5-14-25-18-8-15-24-16-18/h17-18H,3-16H2,1-2H3,(H2,20,21,22). The van der Waals surface area contributed by atoms with Crippen LogP contribution in [-0.4, -0.2) is 76.6 Å². The van der Waals surface area contributed by atoms with E-state index in [-0.39, 0.29) is 0 Å². The lowest BCUT2D eigenvalue weighted by Crippen LogP contribution is -2.39. The van der Waals surface area contributed by atoms with Gasteiger partial charge in [0, 0.05) is 33.4 Å². The molecule has 0 spiro atoms. The fourth-order valence-electron chi connectivity index (χ4n) is 3.35. The monoisotopic (exact) mass is 354 g/mol. The van der Waals surface area contributed by atoms with Gasteiger partial charge in [-0.1, -0.05) is 6.92 Å². The van der Waals surface area contributed by atoms with Gasteiger partial charge in [-0.3, -0.25) is 4.99 Å². The number of ether oxygens (including phenoxy) is 2. The van der Waals surface area contributed by atoms with Crippen LogP contribution in [0.3, 0.4) is 0 Å². The van der Waals surface area contributed by atoms with Gasteiger partial charge >= 0.3 is 0 Å². The summed E-state index contributed by atoms with van der Waals surface area (Å²) in [7, 11) is 1.83. The highest BCUT2D eigenvalue weighted by Crippen LogP contribution is 2.16. The second-order valence-electron chi connectivity index (χ2n) is 7.37. The van der Waals surface area contributed by atoms with Gasteiger partial charge in [-0.2, -0.15) is 0 Å². The summed E-state index contributed by atoms with van der Waals surface area (Å²) >= 11 is 0. The Balaban J connectivity index is 1.41. The molecule has 6 heteroatoms.